The standard InChI is InChI=1S/C20H29N3O3/c1-13-7-8-15-14(11-21-16(15)9-13)10-17(24)23-20(5,6)12-22-18(25)26-19(2,3)4/h7-9,11,21H,10,12H2,1-6H3,(H,22,25)(H,23,24). The van der Waals surface area contributed by atoms with Crippen LogP contribution in [0.25, 0.3) is 10.9 Å². The van der Waals surface area contributed by atoms with Gasteiger partial charge >= 0.3 is 6.09 Å². The zero-order valence-electron chi connectivity index (χ0n) is 16.4. The van der Waals surface area contributed by atoms with Crippen LogP contribution < -0.4 is 10.6 Å². The molecule has 2 amide bonds. The number of hydrogen-bond donors (Lipinski definition) is 3. The maximum atomic E-state index is 12.4. The van der Waals surface area contributed by atoms with Crippen molar-refractivity contribution in [2.75, 3.05) is 6.54 Å². The number of aromatic nitrogens is 1. The van der Waals surface area contributed by atoms with Gasteiger partial charge in [0.25, 0.3) is 0 Å². The van der Waals surface area contributed by atoms with Gasteiger partial charge in [0.1, 0.15) is 5.60 Å². The molecule has 0 unspecified atom stereocenters. The fourth-order valence-electron chi connectivity index (χ4n) is 2.69. The molecule has 6 nitrogen and oxygen atoms in total. The molecule has 2 aromatic rings. The summed E-state index contributed by atoms with van der Waals surface area (Å²) in [5, 5.41) is 6.71. The van der Waals surface area contributed by atoms with Gasteiger partial charge < -0.3 is 20.4 Å². The fourth-order valence-corrected chi connectivity index (χ4v) is 2.69. The first-order chi connectivity index (χ1) is 12.0. The van der Waals surface area contributed by atoms with Gasteiger partial charge in [-0.2, -0.15) is 0 Å². The van der Waals surface area contributed by atoms with E-state index < -0.39 is 17.2 Å². The van der Waals surface area contributed by atoms with E-state index in [0.29, 0.717) is 0 Å². The van der Waals surface area contributed by atoms with Crippen molar-refractivity contribution in [3.63, 3.8) is 0 Å². The zero-order valence-corrected chi connectivity index (χ0v) is 16.4. The molecule has 0 aliphatic carbocycles. The van der Waals surface area contributed by atoms with Crippen LogP contribution in [0.5, 0.6) is 0 Å². The molecule has 2 rings (SSSR count). The van der Waals surface area contributed by atoms with Crippen LogP contribution in [0, 0.1) is 6.92 Å². The van der Waals surface area contributed by atoms with Gasteiger partial charge in [-0.05, 0) is 58.7 Å². The molecule has 0 fully saturated rings. The van der Waals surface area contributed by atoms with E-state index in [-0.39, 0.29) is 18.9 Å². The van der Waals surface area contributed by atoms with Crippen LogP contribution in [-0.4, -0.2) is 34.7 Å². The smallest absolute Gasteiger partial charge is 0.407 e. The summed E-state index contributed by atoms with van der Waals surface area (Å²) in [5.74, 6) is -0.0949. The maximum Gasteiger partial charge on any atom is 0.407 e. The van der Waals surface area contributed by atoms with Gasteiger partial charge in [-0.15, -0.1) is 0 Å². The van der Waals surface area contributed by atoms with Crippen LogP contribution in [0.2, 0.25) is 0 Å². The SMILES string of the molecule is Cc1ccc2c(CC(=O)NC(C)(C)CNC(=O)OC(C)(C)C)c[nH]c2c1. The number of hydrogen-bond acceptors (Lipinski definition) is 3. The largest absolute Gasteiger partial charge is 0.444 e. The fraction of sp³-hybridized carbons (Fsp3) is 0.500. The Morgan fingerprint density at radius 2 is 1.85 bits per heavy atom. The van der Waals surface area contributed by atoms with Crippen molar-refractivity contribution in [3.05, 3.63) is 35.5 Å². The van der Waals surface area contributed by atoms with Crippen LogP contribution in [0.15, 0.2) is 24.4 Å². The number of nitrogens with one attached hydrogen (secondary N) is 3. The summed E-state index contributed by atoms with van der Waals surface area (Å²) in [4.78, 5) is 27.4. The van der Waals surface area contributed by atoms with E-state index >= 15 is 0 Å². The lowest BCUT2D eigenvalue weighted by molar-refractivity contribution is -0.122. The molecule has 0 radical (unpaired) electrons. The average molecular weight is 359 g/mol. The molecule has 0 saturated carbocycles. The number of fused-ring (bicyclic) bond motifs is 1. The molecular formula is C20H29N3O3. The van der Waals surface area contributed by atoms with Crippen LogP contribution >= 0.6 is 0 Å². The van der Waals surface area contributed by atoms with Crippen molar-refractivity contribution in [1.82, 2.24) is 15.6 Å². The van der Waals surface area contributed by atoms with Gasteiger partial charge in [0.05, 0.1) is 12.0 Å². The van der Waals surface area contributed by atoms with Gasteiger partial charge in [-0.25, -0.2) is 4.79 Å². The Morgan fingerprint density at radius 3 is 2.50 bits per heavy atom. The lowest BCUT2D eigenvalue weighted by atomic mass is 10.0. The predicted octanol–water partition coefficient (Wildman–Crippen LogP) is 3.44. The van der Waals surface area contributed by atoms with E-state index in [0.717, 1.165) is 16.5 Å². The molecule has 0 spiro atoms. The topological polar surface area (TPSA) is 83.2 Å². The molecule has 3 N–H and O–H groups in total. The summed E-state index contributed by atoms with van der Waals surface area (Å²) in [6.07, 6.45) is 1.65. The normalized spacial score (nSPS) is 12.1. The number of alkyl carbamates (subject to hydrolysis) is 1. The Balaban J connectivity index is 1.92. The Kier molecular flexibility index (Phi) is 5.64. The summed E-state index contributed by atoms with van der Waals surface area (Å²) in [5.41, 5.74) is 2.01. The van der Waals surface area contributed by atoms with Crippen LogP contribution in [0.3, 0.4) is 0 Å². The number of rotatable bonds is 5. The minimum absolute atomic E-state index is 0.0949. The number of carbonyl (C=O) groups is 2. The summed E-state index contributed by atoms with van der Waals surface area (Å²) in [6.45, 7) is 11.5. The van der Waals surface area contributed by atoms with E-state index in [4.69, 9.17) is 4.74 Å². The molecule has 0 saturated heterocycles. The second-order valence-electron chi connectivity index (χ2n) is 8.33. The minimum atomic E-state index is -0.587. The van der Waals surface area contributed by atoms with Gasteiger partial charge in [-0.1, -0.05) is 12.1 Å². The molecule has 26 heavy (non-hydrogen) atoms. The first kappa shape index (κ1) is 19.8. The third-order valence-electron chi connectivity index (χ3n) is 3.83. The van der Waals surface area contributed by atoms with E-state index in [1.54, 1.807) is 0 Å². The molecule has 6 heteroatoms. The molecule has 0 aliphatic rings. The molecule has 142 valence electrons. The highest BCUT2D eigenvalue weighted by atomic mass is 16.6. The number of H-pyrrole nitrogens is 1. The highest BCUT2D eigenvalue weighted by Crippen LogP contribution is 2.20. The highest BCUT2D eigenvalue weighted by Gasteiger charge is 2.23. The van der Waals surface area contributed by atoms with Crippen molar-refractivity contribution in [2.24, 2.45) is 0 Å². The van der Waals surface area contributed by atoms with Gasteiger partial charge in [0.2, 0.25) is 5.91 Å². The number of aromatic amines is 1. The second kappa shape index (κ2) is 7.40. The summed E-state index contributed by atoms with van der Waals surface area (Å²) in [6, 6.07) is 6.12. The first-order valence-electron chi connectivity index (χ1n) is 8.80. The molecule has 0 aliphatic heterocycles. The second-order valence-corrected chi connectivity index (χ2v) is 8.33. The van der Waals surface area contributed by atoms with Crippen LogP contribution in [-0.2, 0) is 16.0 Å². The summed E-state index contributed by atoms with van der Waals surface area (Å²) in [7, 11) is 0. The van der Waals surface area contributed by atoms with Crippen LogP contribution in [0.4, 0.5) is 4.79 Å². The van der Waals surface area contributed by atoms with Gasteiger partial charge in [-0.3, -0.25) is 4.79 Å². The Labute approximate surface area is 154 Å². The molecule has 1 aromatic carbocycles. The Morgan fingerprint density at radius 1 is 1.15 bits per heavy atom. The third kappa shape index (κ3) is 5.79. The number of aryl methyl sites for hydroxylation is 1. The number of amides is 2. The van der Waals surface area contributed by atoms with Crippen molar-refractivity contribution >= 4 is 22.9 Å². The summed E-state index contributed by atoms with van der Waals surface area (Å²) >= 11 is 0. The lowest BCUT2D eigenvalue weighted by Crippen LogP contribution is -2.52. The van der Waals surface area contributed by atoms with Crippen molar-refractivity contribution in [3.8, 4) is 0 Å². The molecule has 1 aromatic heterocycles. The monoisotopic (exact) mass is 359 g/mol. The van der Waals surface area contributed by atoms with E-state index in [9.17, 15) is 9.59 Å². The zero-order chi connectivity index (χ0) is 19.5. The van der Waals surface area contributed by atoms with Crippen molar-refractivity contribution < 1.29 is 14.3 Å². The lowest BCUT2D eigenvalue weighted by Gasteiger charge is -2.27. The average Bonchev–Trinajstić information content (AvgIpc) is 2.85. The number of ether oxygens (including phenoxy) is 1. The van der Waals surface area contributed by atoms with E-state index in [2.05, 4.69) is 21.7 Å². The maximum absolute atomic E-state index is 12.4. The Hall–Kier alpha value is -2.50. The molecule has 1 heterocycles. The van der Waals surface area contributed by atoms with Crippen molar-refractivity contribution in [1.29, 1.82) is 0 Å². The quantitative estimate of drug-likeness (QED) is 0.765. The van der Waals surface area contributed by atoms with E-state index in [1.807, 2.05) is 59.9 Å². The molecule has 0 bridgehead atoms. The minimum Gasteiger partial charge on any atom is -0.444 e. The third-order valence-corrected chi connectivity index (χ3v) is 3.83. The highest BCUT2D eigenvalue weighted by molar-refractivity contribution is 5.89. The predicted molar refractivity (Wildman–Crippen MR) is 103 cm³/mol. The number of benzene rings is 1. The van der Waals surface area contributed by atoms with E-state index in [1.165, 1.54) is 5.56 Å². The Bertz CT molecular complexity index is 800. The van der Waals surface area contributed by atoms with Crippen molar-refractivity contribution in [2.45, 2.75) is 59.1 Å². The number of carbonyl (C=O) groups excluding carboxylic acids is 2. The molecule has 0 atom stereocenters. The summed E-state index contributed by atoms with van der Waals surface area (Å²) < 4.78 is 5.21. The van der Waals surface area contributed by atoms with Crippen LogP contribution in [0.1, 0.15) is 45.7 Å². The first-order valence-corrected chi connectivity index (χ1v) is 8.80. The molecular weight excluding hydrogens is 330 g/mol. The van der Waals surface area contributed by atoms with Gasteiger partial charge in [0.15, 0.2) is 0 Å². The van der Waals surface area contributed by atoms with Gasteiger partial charge in [0, 0.05) is 23.6 Å².